The minimum atomic E-state index is -0.0846. The van der Waals surface area contributed by atoms with Crippen molar-refractivity contribution in [2.45, 2.75) is 19.4 Å². The summed E-state index contributed by atoms with van der Waals surface area (Å²) in [5, 5.41) is 0. The molecule has 0 aliphatic heterocycles. The number of benzene rings is 1. The van der Waals surface area contributed by atoms with Crippen LogP contribution in [-0.2, 0) is 0 Å². The average Bonchev–Trinajstić information content (AvgIpc) is 2.37. The number of nitrogens with two attached hydrogens (primary N) is 2. The van der Waals surface area contributed by atoms with Crippen molar-refractivity contribution in [1.29, 1.82) is 0 Å². The smallest absolute Gasteiger partial charge is 0.123 e. The summed E-state index contributed by atoms with van der Waals surface area (Å²) in [5.41, 5.74) is 12.8. The molecule has 0 aliphatic rings. The van der Waals surface area contributed by atoms with E-state index in [2.05, 4.69) is 6.92 Å². The Hall–Kier alpha value is -1.26. The van der Waals surface area contributed by atoms with E-state index in [4.69, 9.17) is 20.9 Å². The second-order valence-electron chi connectivity index (χ2n) is 4.29. The standard InChI is InChI=1S/C13H22N2O2/c1-9(8-14)6-12(15)11-7-10(16-2)4-5-13(11)17-3/h4-5,7,9,12H,6,8,14-15H2,1-3H3. The fraction of sp³-hybridized carbons (Fsp3) is 0.538. The quantitative estimate of drug-likeness (QED) is 0.791. The highest BCUT2D eigenvalue weighted by molar-refractivity contribution is 5.42. The maximum Gasteiger partial charge on any atom is 0.123 e. The molecule has 0 aromatic heterocycles. The van der Waals surface area contributed by atoms with Crippen molar-refractivity contribution in [3.05, 3.63) is 23.8 Å². The van der Waals surface area contributed by atoms with Gasteiger partial charge in [-0.2, -0.15) is 0 Å². The summed E-state index contributed by atoms with van der Waals surface area (Å²) in [4.78, 5) is 0. The molecule has 1 aromatic rings. The Labute approximate surface area is 103 Å². The van der Waals surface area contributed by atoms with Gasteiger partial charge in [0.25, 0.3) is 0 Å². The fourth-order valence-electron chi connectivity index (χ4n) is 1.79. The first kappa shape index (κ1) is 13.8. The Bertz CT molecular complexity index is 355. The molecular weight excluding hydrogens is 216 g/mol. The third-order valence-electron chi connectivity index (χ3n) is 2.90. The highest BCUT2D eigenvalue weighted by Gasteiger charge is 2.15. The molecule has 1 rings (SSSR count). The number of rotatable bonds is 6. The van der Waals surface area contributed by atoms with Crippen molar-refractivity contribution in [3.63, 3.8) is 0 Å². The predicted molar refractivity (Wildman–Crippen MR) is 69.3 cm³/mol. The van der Waals surface area contributed by atoms with Crippen molar-refractivity contribution >= 4 is 0 Å². The molecule has 96 valence electrons. The zero-order valence-corrected chi connectivity index (χ0v) is 10.8. The molecule has 0 saturated heterocycles. The zero-order chi connectivity index (χ0) is 12.8. The molecule has 0 radical (unpaired) electrons. The van der Waals surface area contributed by atoms with E-state index in [-0.39, 0.29) is 6.04 Å². The lowest BCUT2D eigenvalue weighted by molar-refractivity contribution is 0.388. The normalized spacial score (nSPS) is 14.2. The molecule has 0 heterocycles. The van der Waals surface area contributed by atoms with E-state index in [0.29, 0.717) is 12.5 Å². The molecule has 0 saturated carbocycles. The third kappa shape index (κ3) is 3.61. The maximum atomic E-state index is 6.18. The molecule has 0 aliphatic carbocycles. The lowest BCUT2D eigenvalue weighted by atomic mass is 9.96. The third-order valence-corrected chi connectivity index (χ3v) is 2.90. The second-order valence-corrected chi connectivity index (χ2v) is 4.29. The van der Waals surface area contributed by atoms with Crippen molar-refractivity contribution in [2.75, 3.05) is 20.8 Å². The summed E-state index contributed by atoms with van der Waals surface area (Å²) >= 11 is 0. The van der Waals surface area contributed by atoms with Crippen LogP contribution in [0.25, 0.3) is 0 Å². The van der Waals surface area contributed by atoms with Gasteiger partial charge in [0.1, 0.15) is 11.5 Å². The van der Waals surface area contributed by atoms with E-state index < -0.39 is 0 Å². The van der Waals surface area contributed by atoms with E-state index in [1.807, 2.05) is 18.2 Å². The summed E-state index contributed by atoms with van der Waals surface area (Å²) in [6.07, 6.45) is 0.833. The van der Waals surface area contributed by atoms with Gasteiger partial charge in [-0.25, -0.2) is 0 Å². The van der Waals surface area contributed by atoms with Crippen molar-refractivity contribution in [1.82, 2.24) is 0 Å². The van der Waals surface area contributed by atoms with Gasteiger partial charge >= 0.3 is 0 Å². The van der Waals surface area contributed by atoms with Gasteiger partial charge in [0.15, 0.2) is 0 Å². The SMILES string of the molecule is COc1ccc(OC)c(C(N)CC(C)CN)c1. The van der Waals surface area contributed by atoms with Crippen LogP contribution in [0.2, 0.25) is 0 Å². The molecule has 4 heteroatoms. The molecule has 17 heavy (non-hydrogen) atoms. The minimum Gasteiger partial charge on any atom is -0.497 e. The summed E-state index contributed by atoms with van der Waals surface area (Å²) in [6, 6.07) is 5.58. The lowest BCUT2D eigenvalue weighted by Crippen LogP contribution is -2.19. The molecule has 0 fully saturated rings. The van der Waals surface area contributed by atoms with Crippen LogP contribution >= 0.6 is 0 Å². The van der Waals surface area contributed by atoms with Gasteiger partial charge in [-0.15, -0.1) is 0 Å². The molecule has 2 unspecified atom stereocenters. The van der Waals surface area contributed by atoms with Crippen molar-refractivity contribution < 1.29 is 9.47 Å². The second kappa shape index (κ2) is 6.47. The molecule has 0 spiro atoms. The predicted octanol–water partition coefficient (Wildman–Crippen LogP) is 1.69. The van der Waals surface area contributed by atoms with Gasteiger partial charge in [0.2, 0.25) is 0 Å². The van der Waals surface area contributed by atoms with Crippen LogP contribution in [0.1, 0.15) is 24.9 Å². The van der Waals surface area contributed by atoms with Crippen LogP contribution in [0.5, 0.6) is 11.5 Å². The van der Waals surface area contributed by atoms with Crippen LogP contribution in [0.3, 0.4) is 0 Å². The van der Waals surface area contributed by atoms with Gasteiger partial charge in [-0.1, -0.05) is 6.92 Å². The van der Waals surface area contributed by atoms with E-state index in [9.17, 15) is 0 Å². The maximum absolute atomic E-state index is 6.18. The van der Waals surface area contributed by atoms with Crippen LogP contribution in [0, 0.1) is 5.92 Å². The number of hydrogen-bond acceptors (Lipinski definition) is 4. The van der Waals surface area contributed by atoms with Crippen molar-refractivity contribution in [3.8, 4) is 11.5 Å². The first-order chi connectivity index (χ1) is 8.12. The topological polar surface area (TPSA) is 70.5 Å². The zero-order valence-electron chi connectivity index (χ0n) is 10.8. The first-order valence-electron chi connectivity index (χ1n) is 5.80. The molecule has 0 amide bonds. The largest absolute Gasteiger partial charge is 0.497 e. The molecular formula is C13H22N2O2. The Kier molecular flexibility index (Phi) is 5.25. The molecule has 4 nitrogen and oxygen atoms in total. The van der Waals surface area contributed by atoms with Crippen molar-refractivity contribution in [2.24, 2.45) is 17.4 Å². The van der Waals surface area contributed by atoms with E-state index >= 15 is 0 Å². The lowest BCUT2D eigenvalue weighted by Gasteiger charge is -2.19. The van der Waals surface area contributed by atoms with Crippen LogP contribution in [-0.4, -0.2) is 20.8 Å². The minimum absolute atomic E-state index is 0.0846. The van der Waals surface area contributed by atoms with Crippen LogP contribution in [0.15, 0.2) is 18.2 Å². The number of ether oxygens (including phenoxy) is 2. The van der Waals surface area contributed by atoms with E-state index in [1.54, 1.807) is 14.2 Å². The Morgan fingerprint density at radius 3 is 2.47 bits per heavy atom. The van der Waals surface area contributed by atoms with Crippen LogP contribution < -0.4 is 20.9 Å². The van der Waals surface area contributed by atoms with Gasteiger partial charge < -0.3 is 20.9 Å². The Morgan fingerprint density at radius 1 is 1.24 bits per heavy atom. The van der Waals surface area contributed by atoms with E-state index in [1.165, 1.54) is 0 Å². The summed E-state index contributed by atoms with van der Waals surface area (Å²) in [5.74, 6) is 1.97. The van der Waals surface area contributed by atoms with Gasteiger partial charge in [-0.3, -0.25) is 0 Å². The van der Waals surface area contributed by atoms with Gasteiger partial charge in [0.05, 0.1) is 14.2 Å². The highest BCUT2D eigenvalue weighted by atomic mass is 16.5. The average molecular weight is 238 g/mol. The summed E-state index contributed by atoms with van der Waals surface area (Å²) in [7, 11) is 3.28. The molecule has 0 bridgehead atoms. The van der Waals surface area contributed by atoms with Crippen LogP contribution in [0.4, 0.5) is 0 Å². The Morgan fingerprint density at radius 2 is 1.94 bits per heavy atom. The first-order valence-corrected chi connectivity index (χ1v) is 5.80. The molecule has 1 aromatic carbocycles. The molecule has 2 atom stereocenters. The molecule has 4 N–H and O–H groups in total. The highest BCUT2D eigenvalue weighted by Crippen LogP contribution is 2.31. The Balaban J connectivity index is 2.92. The van der Waals surface area contributed by atoms with Gasteiger partial charge in [-0.05, 0) is 37.1 Å². The number of methoxy groups -OCH3 is 2. The fourth-order valence-corrected chi connectivity index (χ4v) is 1.79. The number of hydrogen-bond donors (Lipinski definition) is 2. The van der Waals surface area contributed by atoms with E-state index in [0.717, 1.165) is 23.5 Å². The summed E-state index contributed by atoms with van der Waals surface area (Å²) < 4.78 is 10.5. The monoisotopic (exact) mass is 238 g/mol. The summed E-state index contributed by atoms with van der Waals surface area (Å²) in [6.45, 7) is 2.73. The van der Waals surface area contributed by atoms with Gasteiger partial charge in [0, 0.05) is 11.6 Å².